The predicted molar refractivity (Wildman–Crippen MR) is 103 cm³/mol. The fourth-order valence-corrected chi connectivity index (χ4v) is 3.32. The van der Waals surface area contributed by atoms with Crippen LogP contribution in [0.3, 0.4) is 0 Å². The van der Waals surface area contributed by atoms with E-state index in [9.17, 15) is 9.59 Å². The lowest BCUT2D eigenvalue weighted by molar-refractivity contribution is -0.142. The van der Waals surface area contributed by atoms with Crippen molar-refractivity contribution < 1.29 is 14.3 Å². The minimum Gasteiger partial charge on any atom is -0.497 e. The van der Waals surface area contributed by atoms with Crippen molar-refractivity contribution in [1.29, 1.82) is 0 Å². The van der Waals surface area contributed by atoms with E-state index in [-0.39, 0.29) is 17.7 Å². The summed E-state index contributed by atoms with van der Waals surface area (Å²) in [6.07, 6.45) is 1.87. The monoisotopic (exact) mass is 358 g/mol. The Bertz CT molecular complexity index is 639. The highest BCUT2D eigenvalue weighted by Gasteiger charge is 2.32. The lowest BCUT2D eigenvalue weighted by Gasteiger charge is -2.34. The number of rotatable bonds is 8. The van der Waals surface area contributed by atoms with Gasteiger partial charge in [-0.2, -0.15) is 0 Å². The van der Waals surface area contributed by atoms with E-state index in [1.54, 1.807) is 7.11 Å². The first-order valence-electron chi connectivity index (χ1n) is 9.28. The Kier molecular flexibility index (Phi) is 7.25. The van der Waals surface area contributed by atoms with Crippen molar-refractivity contribution >= 4 is 11.8 Å². The van der Waals surface area contributed by atoms with Gasteiger partial charge in [0.2, 0.25) is 11.8 Å². The van der Waals surface area contributed by atoms with Crippen molar-refractivity contribution in [2.75, 3.05) is 33.3 Å². The van der Waals surface area contributed by atoms with Crippen molar-refractivity contribution in [2.24, 2.45) is 5.92 Å². The summed E-state index contributed by atoms with van der Waals surface area (Å²) in [6, 6.07) is 7.88. The van der Waals surface area contributed by atoms with Gasteiger partial charge in [-0.05, 0) is 44.4 Å². The van der Waals surface area contributed by atoms with Gasteiger partial charge in [0.05, 0.1) is 13.0 Å². The molecule has 1 aliphatic heterocycles. The number of hydrogen-bond acceptors (Lipinski definition) is 3. The molecule has 1 atom stereocenters. The summed E-state index contributed by atoms with van der Waals surface area (Å²) in [5.74, 6) is 0.997. The van der Waals surface area contributed by atoms with Gasteiger partial charge in [0.15, 0.2) is 0 Å². The van der Waals surface area contributed by atoms with Crippen LogP contribution >= 0.6 is 0 Å². The molecule has 26 heavy (non-hydrogen) atoms. The van der Waals surface area contributed by atoms with Gasteiger partial charge in [-0.15, -0.1) is 0 Å². The van der Waals surface area contributed by atoms with E-state index in [0.717, 1.165) is 23.3 Å². The highest BCUT2D eigenvalue weighted by molar-refractivity contribution is 5.84. The molecule has 0 bridgehead atoms. The second-order valence-corrected chi connectivity index (χ2v) is 6.98. The second-order valence-electron chi connectivity index (χ2n) is 6.98. The van der Waals surface area contributed by atoms with Gasteiger partial charge in [-0.3, -0.25) is 9.59 Å². The van der Waals surface area contributed by atoms with E-state index in [2.05, 4.69) is 6.58 Å². The van der Waals surface area contributed by atoms with Crippen molar-refractivity contribution in [2.45, 2.75) is 33.1 Å². The molecule has 0 spiro atoms. The molecule has 1 saturated heterocycles. The average Bonchev–Trinajstić information content (AvgIpc) is 2.65. The number of amides is 2. The molecule has 5 nitrogen and oxygen atoms in total. The van der Waals surface area contributed by atoms with Gasteiger partial charge in [0.1, 0.15) is 5.75 Å². The third-order valence-corrected chi connectivity index (χ3v) is 4.83. The highest BCUT2D eigenvalue weighted by atomic mass is 16.5. The molecule has 1 aliphatic rings. The Morgan fingerprint density at radius 1 is 1.35 bits per heavy atom. The van der Waals surface area contributed by atoms with Crippen molar-refractivity contribution in [1.82, 2.24) is 9.80 Å². The summed E-state index contributed by atoms with van der Waals surface area (Å²) in [5, 5.41) is 0. The number of piperidine rings is 1. The largest absolute Gasteiger partial charge is 0.497 e. The Morgan fingerprint density at radius 2 is 2.04 bits per heavy atom. The summed E-state index contributed by atoms with van der Waals surface area (Å²) in [7, 11) is 1.64. The molecule has 1 aromatic rings. The fourth-order valence-electron chi connectivity index (χ4n) is 3.32. The number of nitrogens with zero attached hydrogens (tertiary/aromatic N) is 2. The SMILES string of the molecule is C=C(C)CN(CC)C(=O)[C@H]1CCC(=O)N(CCc2ccc(OC)cc2)C1. The smallest absolute Gasteiger partial charge is 0.227 e. The van der Waals surface area contributed by atoms with Crippen molar-refractivity contribution in [3.05, 3.63) is 42.0 Å². The number of likely N-dealkylation sites (N-methyl/N-ethyl adjacent to an activating group) is 1. The van der Waals surface area contributed by atoms with Crippen molar-refractivity contribution in [3.8, 4) is 5.75 Å². The molecular formula is C21H30N2O3. The van der Waals surface area contributed by atoms with E-state index in [4.69, 9.17) is 4.74 Å². The Morgan fingerprint density at radius 3 is 2.62 bits per heavy atom. The molecular weight excluding hydrogens is 328 g/mol. The maximum Gasteiger partial charge on any atom is 0.227 e. The molecule has 0 saturated carbocycles. The molecule has 2 rings (SSSR count). The zero-order valence-corrected chi connectivity index (χ0v) is 16.2. The van der Waals surface area contributed by atoms with E-state index >= 15 is 0 Å². The topological polar surface area (TPSA) is 49.9 Å². The number of hydrogen-bond donors (Lipinski definition) is 0. The predicted octanol–water partition coefficient (Wildman–Crippen LogP) is 2.90. The van der Waals surface area contributed by atoms with Crippen LogP contribution in [-0.2, 0) is 16.0 Å². The average molecular weight is 358 g/mol. The maximum atomic E-state index is 12.8. The van der Waals surface area contributed by atoms with Gasteiger partial charge < -0.3 is 14.5 Å². The van der Waals surface area contributed by atoms with Crippen LogP contribution in [0.5, 0.6) is 5.75 Å². The number of likely N-dealkylation sites (tertiary alicyclic amines) is 1. The second kappa shape index (κ2) is 9.41. The van der Waals surface area contributed by atoms with E-state index in [1.165, 1.54) is 0 Å². The van der Waals surface area contributed by atoms with Crippen molar-refractivity contribution in [3.63, 3.8) is 0 Å². The maximum absolute atomic E-state index is 12.8. The molecule has 0 N–H and O–H groups in total. The fraction of sp³-hybridized carbons (Fsp3) is 0.524. The van der Waals surface area contributed by atoms with Crippen LogP contribution in [0, 0.1) is 5.92 Å². The van der Waals surface area contributed by atoms with Gasteiger partial charge in [0.25, 0.3) is 0 Å². The van der Waals surface area contributed by atoms with Gasteiger partial charge in [-0.1, -0.05) is 24.3 Å². The Hall–Kier alpha value is -2.30. The van der Waals surface area contributed by atoms with Crippen LogP contribution in [0.25, 0.3) is 0 Å². The first-order chi connectivity index (χ1) is 12.4. The van der Waals surface area contributed by atoms with Gasteiger partial charge >= 0.3 is 0 Å². The summed E-state index contributed by atoms with van der Waals surface area (Å²) in [6.45, 7) is 10.2. The Labute approximate surface area is 156 Å². The normalized spacial score (nSPS) is 17.1. The van der Waals surface area contributed by atoms with E-state index in [0.29, 0.717) is 39.0 Å². The van der Waals surface area contributed by atoms with Gasteiger partial charge in [0, 0.05) is 32.6 Å². The van der Waals surface area contributed by atoms with E-state index in [1.807, 2.05) is 47.9 Å². The van der Waals surface area contributed by atoms with E-state index < -0.39 is 0 Å². The molecule has 1 fully saturated rings. The van der Waals surface area contributed by atoms with Crippen LogP contribution in [-0.4, -0.2) is 54.9 Å². The van der Waals surface area contributed by atoms with Crippen LogP contribution in [0.1, 0.15) is 32.3 Å². The molecule has 2 amide bonds. The first-order valence-corrected chi connectivity index (χ1v) is 9.28. The number of benzene rings is 1. The lowest BCUT2D eigenvalue weighted by atomic mass is 9.95. The van der Waals surface area contributed by atoms with Crippen LogP contribution in [0.2, 0.25) is 0 Å². The number of methoxy groups -OCH3 is 1. The van der Waals surface area contributed by atoms with Crippen LogP contribution < -0.4 is 4.74 Å². The molecule has 5 heteroatoms. The molecule has 142 valence electrons. The lowest BCUT2D eigenvalue weighted by Crippen LogP contribution is -2.47. The molecule has 0 aliphatic carbocycles. The number of ether oxygens (including phenoxy) is 1. The molecule has 1 heterocycles. The number of carbonyl (C=O) groups is 2. The molecule has 1 aromatic carbocycles. The summed E-state index contributed by atoms with van der Waals surface area (Å²) in [4.78, 5) is 28.7. The summed E-state index contributed by atoms with van der Waals surface area (Å²) < 4.78 is 5.17. The first kappa shape index (κ1) is 20.0. The van der Waals surface area contributed by atoms with Crippen LogP contribution in [0.15, 0.2) is 36.4 Å². The third-order valence-electron chi connectivity index (χ3n) is 4.83. The highest BCUT2D eigenvalue weighted by Crippen LogP contribution is 2.21. The van der Waals surface area contributed by atoms with Gasteiger partial charge in [-0.25, -0.2) is 0 Å². The standard InChI is InChI=1S/C21H30N2O3/c1-5-22(14-16(2)3)21(25)18-8-11-20(24)23(15-18)13-12-17-6-9-19(26-4)10-7-17/h6-7,9-10,18H,2,5,8,11-15H2,1,3-4H3/t18-/m0/s1. The molecule has 0 aromatic heterocycles. The summed E-state index contributed by atoms with van der Waals surface area (Å²) >= 11 is 0. The zero-order chi connectivity index (χ0) is 19.1. The molecule has 0 radical (unpaired) electrons. The Balaban J connectivity index is 1.94. The summed E-state index contributed by atoms with van der Waals surface area (Å²) in [5.41, 5.74) is 2.13. The zero-order valence-electron chi connectivity index (χ0n) is 16.2. The molecule has 0 unspecified atom stereocenters. The third kappa shape index (κ3) is 5.35. The number of carbonyl (C=O) groups excluding carboxylic acids is 2. The minimum atomic E-state index is -0.108. The minimum absolute atomic E-state index is 0.108. The van der Waals surface area contributed by atoms with Crippen LogP contribution in [0.4, 0.5) is 0 Å². The quantitative estimate of drug-likeness (QED) is 0.672.